The largest absolute Gasteiger partial charge is 2.00 e. The first-order valence-corrected chi connectivity index (χ1v) is 3.70. The molecule has 0 aliphatic heterocycles. The molecule has 0 aliphatic rings. The third kappa shape index (κ3) is 18.4. The first-order valence-electron chi connectivity index (χ1n) is 3.70. The molecule has 0 aromatic rings. The summed E-state index contributed by atoms with van der Waals surface area (Å²) in [6.45, 7) is 6.31. The van der Waals surface area contributed by atoms with Crippen molar-refractivity contribution < 1.29 is 37.2 Å². The molecule has 0 fully saturated rings. The quantitative estimate of drug-likeness (QED) is 0.591. The number of carboxylic acids is 2. The Morgan fingerprint density at radius 2 is 0.923 bits per heavy atom. The second-order valence-corrected chi connectivity index (χ2v) is 2.95. The van der Waals surface area contributed by atoms with Crippen LogP contribution in [-0.2, 0) is 27.0 Å². The molecule has 76 valence electrons. The monoisotopic (exact) mass is 226 g/mol. The number of carbonyl (C=O) groups excluding carboxylic acids is 2. The van der Waals surface area contributed by atoms with Crippen LogP contribution in [0.15, 0.2) is 0 Å². The summed E-state index contributed by atoms with van der Waals surface area (Å²) in [7, 11) is 0. The minimum absolute atomic E-state index is 0. The van der Waals surface area contributed by atoms with Gasteiger partial charge in [0.1, 0.15) is 0 Å². The van der Waals surface area contributed by atoms with Crippen LogP contribution in [0.25, 0.3) is 0 Å². The fourth-order valence-corrected chi connectivity index (χ4v) is 0. The molecule has 0 saturated carbocycles. The van der Waals surface area contributed by atoms with Crippen LogP contribution in [-0.4, -0.2) is 11.9 Å². The van der Waals surface area contributed by atoms with E-state index in [9.17, 15) is 19.8 Å². The van der Waals surface area contributed by atoms with Crippen LogP contribution in [0, 0.1) is 11.8 Å². The van der Waals surface area contributed by atoms with E-state index >= 15 is 0 Å². The van der Waals surface area contributed by atoms with Gasteiger partial charge in [-0.15, -0.1) is 0 Å². The van der Waals surface area contributed by atoms with Crippen molar-refractivity contribution in [1.29, 1.82) is 0 Å². The summed E-state index contributed by atoms with van der Waals surface area (Å²) >= 11 is 0. The zero-order chi connectivity index (χ0) is 10.3. The van der Waals surface area contributed by atoms with Crippen molar-refractivity contribution in [2.45, 2.75) is 27.7 Å². The van der Waals surface area contributed by atoms with Gasteiger partial charge in [-0.3, -0.25) is 0 Å². The normalized spacial score (nSPS) is 8.46. The van der Waals surface area contributed by atoms with Crippen molar-refractivity contribution in [3.8, 4) is 0 Å². The molecule has 13 heavy (non-hydrogen) atoms. The molecule has 0 saturated heterocycles. The van der Waals surface area contributed by atoms with Gasteiger partial charge in [-0.25, -0.2) is 0 Å². The van der Waals surface area contributed by atoms with Crippen molar-refractivity contribution in [1.82, 2.24) is 0 Å². The number of hydrogen-bond acceptors (Lipinski definition) is 4. The van der Waals surface area contributed by atoms with Gasteiger partial charge < -0.3 is 19.8 Å². The first kappa shape index (κ1) is 18.3. The molecule has 5 heteroatoms. The molecule has 0 rings (SSSR count). The Bertz CT molecular complexity index is 136. The molecule has 0 N–H and O–H groups in total. The van der Waals surface area contributed by atoms with E-state index in [2.05, 4.69) is 0 Å². The van der Waals surface area contributed by atoms with E-state index in [-0.39, 0.29) is 29.2 Å². The number of rotatable bonds is 2. The summed E-state index contributed by atoms with van der Waals surface area (Å²) in [5, 5.41) is 19.2. The SMILES string of the molecule is CC(C)C(=O)[O-].CC(C)C(=O)[O-].[Cr+2]. The van der Waals surface area contributed by atoms with Gasteiger partial charge in [0.2, 0.25) is 0 Å². The van der Waals surface area contributed by atoms with Crippen LogP contribution < -0.4 is 10.2 Å². The minimum atomic E-state index is -0.991. The number of aliphatic carboxylic acids is 2. The topological polar surface area (TPSA) is 80.3 Å². The van der Waals surface area contributed by atoms with Gasteiger partial charge >= 0.3 is 17.4 Å². The van der Waals surface area contributed by atoms with Gasteiger partial charge in [0.25, 0.3) is 0 Å². The van der Waals surface area contributed by atoms with Gasteiger partial charge in [-0.05, 0) is 11.8 Å². The van der Waals surface area contributed by atoms with Gasteiger partial charge in [0, 0.05) is 11.9 Å². The zero-order valence-corrected chi connectivity index (χ0v) is 9.47. The smallest absolute Gasteiger partial charge is 0.550 e. The molecular formula is C8H14CrO4. The van der Waals surface area contributed by atoms with Crippen LogP contribution in [0.3, 0.4) is 0 Å². The Balaban J connectivity index is -0.000000143. The van der Waals surface area contributed by atoms with Crippen LogP contribution in [0.1, 0.15) is 27.7 Å². The predicted octanol–water partition coefficient (Wildman–Crippen LogP) is -1.22. The van der Waals surface area contributed by atoms with E-state index in [0.717, 1.165) is 0 Å². The van der Waals surface area contributed by atoms with Crippen molar-refractivity contribution >= 4 is 11.9 Å². The van der Waals surface area contributed by atoms with Crippen LogP contribution in [0.5, 0.6) is 0 Å². The maximum absolute atomic E-state index is 9.59. The molecule has 0 radical (unpaired) electrons. The summed E-state index contributed by atoms with van der Waals surface area (Å²) in [5.74, 6) is -2.67. The molecule has 0 aromatic carbocycles. The maximum Gasteiger partial charge on any atom is 2.00 e. The molecule has 0 spiro atoms. The summed E-state index contributed by atoms with van der Waals surface area (Å²) in [6.07, 6.45) is 0. The van der Waals surface area contributed by atoms with E-state index in [1.54, 1.807) is 27.7 Å². The van der Waals surface area contributed by atoms with E-state index in [1.165, 1.54) is 0 Å². The van der Waals surface area contributed by atoms with E-state index in [4.69, 9.17) is 0 Å². The van der Waals surface area contributed by atoms with Gasteiger partial charge in [-0.2, -0.15) is 0 Å². The molecule has 4 nitrogen and oxygen atoms in total. The van der Waals surface area contributed by atoms with Gasteiger partial charge in [0.15, 0.2) is 0 Å². The number of hydrogen-bond donors (Lipinski definition) is 0. The average Bonchev–Trinajstić information content (AvgIpc) is 1.88. The minimum Gasteiger partial charge on any atom is -0.550 e. The van der Waals surface area contributed by atoms with Crippen molar-refractivity contribution in [2.75, 3.05) is 0 Å². The molecule has 0 unspecified atom stereocenters. The Kier molecular flexibility index (Phi) is 13.5. The number of carboxylic acid groups (broad SMARTS) is 2. The molecule has 0 bridgehead atoms. The predicted molar refractivity (Wildman–Crippen MR) is 39.7 cm³/mol. The summed E-state index contributed by atoms with van der Waals surface area (Å²) in [5.41, 5.74) is 0. The maximum atomic E-state index is 9.59. The van der Waals surface area contributed by atoms with Crippen molar-refractivity contribution in [3.63, 3.8) is 0 Å². The zero-order valence-electron chi connectivity index (χ0n) is 8.20. The summed E-state index contributed by atoms with van der Waals surface area (Å²) in [4.78, 5) is 19.2. The van der Waals surface area contributed by atoms with Gasteiger partial charge in [-0.1, -0.05) is 27.7 Å². The second-order valence-electron chi connectivity index (χ2n) is 2.95. The standard InChI is InChI=1S/2C4H8O2.Cr/c2*1-3(2)4(5)6;/h2*3H,1-2H3,(H,5,6);/q;;+2/p-2. The number of carbonyl (C=O) groups is 2. The van der Waals surface area contributed by atoms with Gasteiger partial charge in [0.05, 0.1) is 0 Å². The fourth-order valence-electron chi connectivity index (χ4n) is 0. The summed E-state index contributed by atoms with van der Waals surface area (Å²) in [6, 6.07) is 0. The molecular weight excluding hydrogens is 212 g/mol. The summed E-state index contributed by atoms with van der Waals surface area (Å²) < 4.78 is 0. The third-order valence-corrected chi connectivity index (χ3v) is 0.943. The Morgan fingerprint density at radius 1 is 0.846 bits per heavy atom. The van der Waals surface area contributed by atoms with Crippen molar-refractivity contribution in [2.24, 2.45) is 11.8 Å². The van der Waals surface area contributed by atoms with Crippen LogP contribution in [0.4, 0.5) is 0 Å². The van der Waals surface area contributed by atoms with E-state index in [1.807, 2.05) is 0 Å². The fraction of sp³-hybridized carbons (Fsp3) is 0.750. The van der Waals surface area contributed by atoms with E-state index < -0.39 is 11.9 Å². The average molecular weight is 226 g/mol. The molecule has 0 heterocycles. The van der Waals surface area contributed by atoms with Crippen LogP contribution >= 0.6 is 0 Å². The molecule has 0 aliphatic carbocycles. The van der Waals surface area contributed by atoms with Crippen molar-refractivity contribution in [3.05, 3.63) is 0 Å². The molecule has 0 amide bonds. The Morgan fingerprint density at radius 3 is 0.923 bits per heavy atom. The Labute approximate surface area is 89.1 Å². The van der Waals surface area contributed by atoms with E-state index in [0.29, 0.717) is 0 Å². The first-order chi connectivity index (χ1) is 5.29. The molecule has 0 atom stereocenters. The second kappa shape index (κ2) is 9.56. The molecule has 0 aromatic heterocycles. The van der Waals surface area contributed by atoms with Crippen LogP contribution in [0.2, 0.25) is 0 Å². The Hall–Kier alpha value is -0.528. The third-order valence-electron chi connectivity index (χ3n) is 0.943.